The van der Waals surface area contributed by atoms with Gasteiger partial charge in [0, 0.05) is 22.9 Å². The van der Waals surface area contributed by atoms with Crippen molar-refractivity contribution in [3.8, 4) is 0 Å². The molecule has 4 atom stereocenters. The first-order valence-corrected chi connectivity index (χ1v) is 13.9. The van der Waals surface area contributed by atoms with E-state index in [4.69, 9.17) is 16.3 Å². The normalized spacial score (nSPS) is 17.7. The number of hydrogen-bond donors (Lipinski definition) is 4. The van der Waals surface area contributed by atoms with Crippen molar-refractivity contribution in [1.82, 2.24) is 16.0 Å². The van der Waals surface area contributed by atoms with Gasteiger partial charge >= 0.3 is 6.09 Å². The van der Waals surface area contributed by atoms with E-state index < -0.39 is 35.6 Å². The quantitative estimate of drug-likeness (QED) is 0.306. The molecule has 0 saturated carbocycles. The monoisotopic (exact) mass is 557 g/mol. The maximum absolute atomic E-state index is 13.3. The van der Waals surface area contributed by atoms with Crippen LogP contribution in [0.4, 0.5) is 4.79 Å². The molecule has 0 radical (unpaired) electrons. The van der Waals surface area contributed by atoms with Crippen LogP contribution in [0.2, 0.25) is 5.02 Å². The number of aliphatic hydroxyl groups is 1. The number of carbonyl (C=O) groups is 3. The fraction of sp³-hybridized carbons (Fsp3) is 0.500. The summed E-state index contributed by atoms with van der Waals surface area (Å²) < 4.78 is 6.04. The first-order chi connectivity index (χ1) is 18.5. The lowest BCUT2D eigenvalue weighted by atomic mass is 9.76. The first kappa shape index (κ1) is 30.4. The molecule has 0 spiro atoms. The van der Waals surface area contributed by atoms with Crippen LogP contribution >= 0.6 is 11.6 Å². The molecule has 0 bridgehead atoms. The highest BCUT2D eigenvalue weighted by molar-refractivity contribution is 6.30. The summed E-state index contributed by atoms with van der Waals surface area (Å²) in [6.45, 7) is 8.15. The van der Waals surface area contributed by atoms with E-state index in [-0.39, 0.29) is 24.3 Å². The van der Waals surface area contributed by atoms with Crippen LogP contribution in [0.5, 0.6) is 0 Å². The number of benzene rings is 2. The van der Waals surface area contributed by atoms with Crippen molar-refractivity contribution in [3.63, 3.8) is 0 Å². The number of aliphatic hydroxyl groups excluding tert-OH is 1. The molecule has 3 amide bonds. The van der Waals surface area contributed by atoms with Gasteiger partial charge in [0.2, 0.25) is 11.8 Å². The van der Waals surface area contributed by atoms with Gasteiger partial charge < -0.3 is 25.8 Å². The van der Waals surface area contributed by atoms with Crippen LogP contribution in [0.3, 0.4) is 0 Å². The van der Waals surface area contributed by atoms with E-state index in [0.29, 0.717) is 30.8 Å². The van der Waals surface area contributed by atoms with Crippen molar-refractivity contribution >= 4 is 29.5 Å². The topological polar surface area (TPSA) is 117 Å². The van der Waals surface area contributed by atoms with Gasteiger partial charge in [0.1, 0.15) is 12.1 Å². The molecule has 1 aliphatic heterocycles. The van der Waals surface area contributed by atoms with Crippen LogP contribution in [0.25, 0.3) is 0 Å². The molecule has 2 aromatic rings. The van der Waals surface area contributed by atoms with Crippen molar-refractivity contribution in [2.45, 2.75) is 70.6 Å². The number of alkyl carbamates (subject to hydrolysis) is 1. The van der Waals surface area contributed by atoms with Crippen LogP contribution in [-0.4, -0.2) is 48.2 Å². The van der Waals surface area contributed by atoms with Crippen LogP contribution in [0.15, 0.2) is 54.6 Å². The molecule has 9 heteroatoms. The van der Waals surface area contributed by atoms with E-state index in [1.165, 1.54) is 0 Å². The number of hydrogen-bond acceptors (Lipinski definition) is 5. The summed E-state index contributed by atoms with van der Waals surface area (Å²) in [5.41, 5.74) is 1.05. The lowest BCUT2D eigenvalue weighted by molar-refractivity contribution is -0.126. The van der Waals surface area contributed by atoms with Gasteiger partial charge in [-0.25, -0.2) is 4.79 Å². The van der Waals surface area contributed by atoms with Crippen molar-refractivity contribution in [2.24, 2.45) is 11.8 Å². The molecule has 212 valence electrons. The van der Waals surface area contributed by atoms with Gasteiger partial charge in [-0.15, -0.1) is 0 Å². The van der Waals surface area contributed by atoms with Gasteiger partial charge in [0.15, 0.2) is 0 Å². The van der Waals surface area contributed by atoms with Crippen molar-refractivity contribution < 1.29 is 24.2 Å². The third kappa shape index (κ3) is 8.44. The number of nitrogens with one attached hydrogen (secondary N) is 3. The minimum atomic E-state index is -0.880. The Morgan fingerprint density at radius 3 is 2.44 bits per heavy atom. The summed E-state index contributed by atoms with van der Waals surface area (Å²) in [5, 5.41) is 18.8. The van der Waals surface area contributed by atoms with Crippen LogP contribution in [0, 0.1) is 11.8 Å². The highest BCUT2D eigenvalue weighted by atomic mass is 35.5. The Labute approximate surface area is 235 Å². The van der Waals surface area contributed by atoms with E-state index >= 15 is 0 Å². The largest absolute Gasteiger partial charge is 0.440 e. The second-order valence-electron chi connectivity index (χ2n) is 11.2. The molecule has 1 fully saturated rings. The minimum absolute atomic E-state index is 0.0718. The second-order valence-corrected chi connectivity index (χ2v) is 11.6. The predicted molar refractivity (Wildman–Crippen MR) is 151 cm³/mol. The summed E-state index contributed by atoms with van der Waals surface area (Å²) in [4.78, 5) is 38.5. The molecule has 2 aromatic carbocycles. The third-order valence-electron chi connectivity index (χ3n) is 7.17. The van der Waals surface area contributed by atoms with Crippen LogP contribution in [0.1, 0.15) is 64.2 Å². The van der Waals surface area contributed by atoms with Gasteiger partial charge in [-0.2, -0.15) is 0 Å². The van der Waals surface area contributed by atoms with E-state index in [2.05, 4.69) is 16.0 Å². The molecule has 39 heavy (non-hydrogen) atoms. The Hall–Kier alpha value is -3.10. The fourth-order valence-electron chi connectivity index (χ4n) is 4.98. The zero-order valence-corrected chi connectivity index (χ0v) is 23.8. The number of halogens is 1. The molecule has 1 aliphatic rings. The average Bonchev–Trinajstić information content (AvgIpc) is 3.30. The Kier molecular flexibility index (Phi) is 10.8. The van der Waals surface area contributed by atoms with Crippen molar-refractivity contribution in [1.29, 1.82) is 0 Å². The van der Waals surface area contributed by atoms with Gasteiger partial charge in [0.05, 0.1) is 12.6 Å². The van der Waals surface area contributed by atoms with Gasteiger partial charge in [-0.1, -0.05) is 81.8 Å². The first-order valence-electron chi connectivity index (χ1n) is 13.5. The zero-order chi connectivity index (χ0) is 28.6. The predicted octanol–water partition coefficient (Wildman–Crippen LogP) is 4.50. The molecule has 1 unspecified atom stereocenters. The number of amides is 3. The molecule has 0 aliphatic carbocycles. The summed E-state index contributed by atoms with van der Waals surface area (Å²) in [7, 11) is 0. The highest BCUT2D eigenvalue weighted by Gasteiger charge is 2.37. The standard InChI is InChI=1S/C30H40ClN3O5/c1-19(2)15-25(28(37)33-24(18-35)16-21-13-14-32-27(21)36)34-29(38)39-26(20-9-6-5-7-10-20)30(3,4)22-11-8-12-23(31)17-22/h5-12,17,19,21,24-26,35H,13-16,18H2,1-4H3,(H,32,36)(H,33,37)(H,34,38)/t21-,24-,25-,26?/m0/s1. The van der Waals surface area contributed by atoms with E-state index in [9.17, 15) is 19.5 Å². The molecule has 8 nitrogen and oxygen atoms in total. The summed E-state index contributed by atoms with van der Waals surface area (Å²) >= 11 is 6.27. The van der Waals surface area contributed by atoms with E-state index in [1.807, 2.05) is 76.2 Å². The minimum Gasteiger partial charge on any atom is -0.440 e. The van der Waals surface area contributed by atoms with Crippen molar-refractivity contribution in [2.75, 3.05) is 13.2 Å². The number of carbonyl (C=O) groups excluding carboxylic acids is 3. The Bertz CT molecular complexity index is 1120. The number of ether oxygens (including phenoxy) is 1. The van der Waals surface area contributed by atoms with E-state index in [1.54, 1.807) is 6.07 Å². The summed E-state index contributed by atoms with van der Waals surface area (Å²) in [6.07, 6.45) is -0.0383. The second kappa shape index (κ2) is 13.8. The fourth-order valence-corrected chi connectivity index (χ4v) is 5.17. The Morgan fingerprint density at radius 2 is 1.85 bits per heavy atom. The summed E-state index contributed by atoms with van der Waals surface area (Å²) in [6, 6.07) is 15.4. The maximum atomic E-state index is 13.3. The Morgan fingerprint density at radius 1 is 1.13 bits per heavy atom. The molecular formula is C30H40ClN3O5. The summed E-state index contributed by atoms with van der Waals surface area (Å²) in [5.74, 6) is -0.660. The Balaban J connectivity index is 1.77. The molecule has 1 saturated heterocycles. The van der Waals surface area contributed by atoms with Gasteiger partial charge in [-0.05, 0) is 48.4 Å². The lowest BCUT2D eigenvalue weighted by Gasteiger charge is -2.35. The molecule has 1 heterocycles. The highest BCUT2D eigenvalue weighted by Crippen LogP contribution is 2.40. The smallest absolute Gasteiger partial charge is 0.408 e. The molecule has 3 rings (SSSR count). The van der Waals surface area contributed by atoms with Crippen LogP contribution in [-0.2, 0) is 19.7 Å². The maximum Gasteiger partial charge on any atom is 0.408 e. The molecule has 4 N–H and O–H groups in total. The van der Waals surface area contributed by atoms with Crippen LogP contribution < -0.4 is 16.0 Å². The van der Waals surface area contributed by atoms with Gasteiger partial charge in [0.25, 0.3) is 0 Å². The zero-order valence-electron chi connectivity index (χ0n) is 23.1. The van der Waals surface area contributed by atoms with Crippen molar-refractivity contribution in [3.05, 3.63) is 70.7 Å². The average molecular weight is 558 g/mol. The van der Waals surface area contributed by atoms with E-state index in [0.717, 1.165) is 11.1 Å². The molecular weight excluding hydrogens is 518 g/mol. The number of rotatable bonds is 12. The lowest BCUT2D eigenvalue weighted by Crippen LogP contribution is -2.52. The third-order valence-corrected chi connectivity index (χ3v) is 7.40. The molecule has 0 aromatic heterocycles. The van der Waals surface area contributed by atoms with Gasteiger partial charge in [-0.3, -0.25) is 9.59 Å². The SMILES string of the molecule is CC(C)C[C@H](NC(=O)OC(c1ccccc1)C(C)(C)c1cccc(Cl)c1)C(=O)N[C@H](CO)C[C@@H]1CCNC1=O.